The number of phenolic OH excluding ortho intramolecular Hbond substituents is 2. The quantitative estimate of drug-likeness (QED) is 0.719. The fourth-order valence-electron chi connectivity index (χ4n) is 3.05. The first-order chi connectivity index (χ1) is 12.4. The van der Waals surface area contributed by atoms with Crippen molar-refractivity contribution in [3.8, 4) is 28.7 Å². The number of benzene rings is 2. The van der Waals surface area contributed by atoms with Gasteiger partial charge in [0.1, 0.15) is 11.5 Å². The molecule has 0 aromatic heterocycles. The van der Waals surface area contributed by atoms with Crippen LogP contribution in [0.15, 0.2) is 30.3 Å². The molecule has 0 aliphatic rings. The van der Waals surface area contributed by atoms with E-state index in [9.17, 15) is 10.2 Å². The Labute approximate surface area is 155 Å². The molecule has 0 radical (unpaired) electrons. The van der Waals surface area contributed by atoms with Gasteiger partial charge in [-0.1, -0.05) is 26.0 Å². The fraction of sp³-hybridized carbons (Fsp3) is 0.429. The maximum absolute atomic E-state index is 10.4. The Bertz CT molecular complexity index is 735. The zero-order valence-corrected chi connectivity index (χ0v) is 16.1. The normalized spacial score (nSPS) is 11.3. The van der Waals surface area contributed by atoms with Crippen molar-refractivity contribution in [3.05, 3.63) is 41.5 Å². The summed E-state index contributed by atoms with van der Waals surface area (Å²) in [5.74, 6) is 1.55. The Hall–Kier alpha value is -2.56. The van der Waals surface area contributed by atoms with Gasteiger partial charge < -0.3 is 24.4 Å². The molecule has 0 bridgehead atoms. The molecule has 0 atom stereocenters. The lowest BCUT2D eigenvalue weighted by Gasteiger charge is -2.31. The van der Waals surface area contributed by atoms with Crippen molar-refractivity contribution in [2.24, 2.45) is 0 Å². The largest absolute Gasteiger partial charge is 0.508 e. The summed E-state index contributed by atoms with van der Waals surface area (Å²) in [5, 5.41) is 20.1. The van der Waals surface area contributed by atoms with Crippen LogP contribution in [-0.2, 0) is 5.41 Å². The molecule has 0 saturated carbocycles. The molecule has 2 N–H and O–H groups in total. The van der Waals surface area contributed by atoms with E-state index >= 15 is 0 Å². The van der Waals surface area contributed by atoms with Gasteiger partial charge in [0.2, 0.25) is 5.75 Å². The Morgan fingerprint density at radius 3 is 1.88 bits per heavy atom. The maximum atomic E-state index is 10.4. The molecule has 2 aromatic rings. The van der Waals surface area contributed by atoms with Gasteiger partial charge in [-0.2, -0.15) is 0 Å². The van der Waals surface area contributed by atoms with E-state index in [1.54, 1.807) is 18.2 Å². The molecule has 26 heavy (non-hydrogen) atoms. The monoisotopic (exact) mass is 360 g/mol. The van der Waals surface area contributed by atoms with E-state index in [2.05, 4.69) is 0 Å². The molecule has 5 heteroatoms. The van der Waals surface area contributed by atoms with E-state index in [0.29, 0.717) is 37.1 Å². The topological polar surface area (TPSA) is 68.2 Å². The van der Waals surface area contributed by atoms with E-state index < -0.39 is 5.41 Å². The summed E-state index contributed by atoms with van der Waals surface area (Å²) in [6.45, 7) is 11.0. The summed E-state index contributed by atoms with van der Waals surface area (Å²) < 4.78 is 17.4. The van der Waals surface area contributed by atoms with Crippen LogP contribution in [0.4, 0.5) is 0 Å². The third-order valence-electron chi connectivity index (χ3n) is 4.27. The molecule has 0 amide bonds. The van der Waals surface area contributed by atoms with Gasteiger partial charge in [0.15, 0.2) is 11.5 Å². The average Bonchev–Trinajstić information content (AvgIpc) is 2.59. The third-order valence-corrected chi connectivity index (χ3v) is 4.27. The molecule has 2 rings (SSSR count). The summed E-state index contributed by atoms with van der Waals surface area (Å²) in [7, 11) is 0. The SMILES string of the molecule is CCOc1cc(O)c(OCC)c(OCC)c1C(C)(C)c1ccc(O)cc1. The highest BCUT2D eigenvalue weighted by Crippen LogP contribution is 2.51. The molecule has 142 valence electrons. The smallest absolute Gasteiger partial charge is 0.203 e. The number of hydrogen-bond donors (Lipinski definition) is 2. The van der Waals surface area contributed by atoms with E-state index in [4.69, 9.17) is 14.2 Å². The number of aromatic hydroxyl groups is 2. The Morgan fingerprint density at radius 1 is 0.808 bits per heavy atom. The predicted octanol–water partition coefficient (Wildman–Crippen LogP) is 4.62. The Kier molecular flexibility index (Phi) is 6.24. The van der Waals surface area contributed by atoms with Crippen molar-refractivity contribution in [1.82, 2.24) is 0 Å². The summed E-state index contributed by atoms with van der Waals surface area (Å²) in [5.41, 5.74) is 1.26. The molecule has 2 aromatic carbocycles. The second-order valence-corrected chi connectivity index (χ2v) is 6.40. The van der Waals surface area contributed by atoms with Gasteiger partial charge in [0.25, 0.3) is 0 Å². The van der Waals surface area contributed by atoms with Crippen LogP contribution >= 0.6 is 0 Å². The molecule has 5 nitrogen and oxygen atoms in total. The summed E-state index contributed by atoms with van der Waals surface area (Å²) in [6, 6.07) is 8.62. The molecule has 0 spiro atoms. The number of ether oxygens (including phenoxy) is 3. The highest BCUT2D eigenvalue weighted by atomic mass is 16.5. The molecule has 0 heterocycles. The van der Waals surface area contributed by atoms with E-state index in [1.165, 1.54) is 0 Å². The second kappa shape index (κ2) is 8.21. The second-order valence-electron chi connectivity index (χ2n) is 6.40. The molecular formula is C21H28O5. The maximum Gasteiger partial charge on any atom is 0.203 e. The van der Waals surface area contributed by atoms with Crippen LogP contribution in [0.1, 0.15) is 45.7 Å². The molecule has 0 aliphatic carbocycles. The highest BCUT2D eigenvalue weighted by Gasteiger charge is 2.34. The van der Waals surface area contributed by atoms with Gasteiger partial charge in [0, 0.05) is 11.5 Å². The number of phenols is 2. The molecule has 0 fully saturated rings. The van der Waals surface area contributed by atoms with Crippen LogP contribution in [-0.4, -0.2) is 30.0 Å². The minimum absolute atomic E-state index is 0.0102. The standard InChI is InChI=1S/C21H28O5/c1-6-24-17-13-16(23)19(25-7-2)20(26-8-3)18(17)21(4,5)14-9-11-15(22)12-10-14/h9-13,22-23H,6-8H2,1-5H3. The fourth-order valence-corrected chi connectivity index (χ4v) is 3.05. The van der Waals surface area contributed by atoms with Gasteiger partial charge >= 0.3 is 0 Å². The van der Waals surface area contributed by atoms with Crippen molar-refractivity contribution in [2.75, 3.05) is 19.8 Å². The van der Waals surface area contributed by atoms with Gasteiger partial charge in [-0.05, 0) is 38.5 Å². The van der Waals surface area contributed by atoms with Gasteiger partial charge in [-0.3, -0.25) is 0 Å². The lowest BCUT2D eigenvalue weighted by atomic mass is 9.77. The van der Waals surface area contributed by atoms with Crippen molar-refractivity contribution in [2.45, 2.75) is 40.0 Å². The summed E-state index contributed by atoms with van der Waals surface area (Å²) in [4.78, 5) is 0. The number of rotatable bonds is 8. The van der Waals surface area contributed by atoms with Crippen LogP contribution in [0, 0.1) is 0 Å². The lowest BCUT2D eigenvalue weighted by Crippen LogP contribution is -2.22. The van der Waals surface area contributed by atoms with Crippen LogP contribution < -0.4 is 14.2 Å². The van der Waals surface area contributed by atoms with Gasteiger partial charge in [0.05, 0.1) is 25.4 Å². The number of hydrogen-bond acceptors (Lipinski definition) is 5. The lowest BCUT2D eigenvalue weighted by molar-refractivity contribution is 0.262. The Balaban J connectivity index is 2.76. The first-order valence-electron chi connectivity index (χ1n) is 8.95. The van der Waals surface area contributed by atoms with Crippen molar-refractivity contribution < 1.29 is 24.4 Å². The first kappa shape index (κ1) is 19.8. The molecule has 0 saturated heterocycles. The van der Waals surface area contributed by atoms with Crippen LogP contribution in [0.5, 0.6) is 28.7 Å². The van der Waals surface area contributed by atoms with E-state index in [1.807, 2.05) is 46.8 Å². The van der Waals surface area contributed by atoms with Crippen molar-refractivity contribution in [1.29, 1.82) is 0 Å². The predicted molar refractivity (Wildman–Crippen MR) is 102 cm³/mol. The minimum atomic E-state index is -0.512. The first-order valence-corrected chi connectivity index (χ1v) is 8.95. The van der Waals surface area contributed by atoms with E-state index in [-0.39, 0.29) is 11.5 Å². The molecular weight excluding hydrogens is 332 g/mol. The highest BCUT2D eigenvalue weighted by molar-refractivity contribution is 5.65. The van der Waals surface area contributed by atoms with Gasteiger partial charge in [-0.25, -0.2) is 0 Å². The van der Waals surface area contributed by atoms with Crippen LogP contribution in [0.25, 0.3) is 0 Å². The Morgan fingerprint density at radius 2 is 1.35 bits per heavy atom. The zero-order chi connectivity index (χ0) is 19.3. The summed E-state index contributed by atoms with van der Waals surface area (Å²) >= 11 is 0. The summed E-state index contributed by atoms with van der Waals surface area (Å²) in [6.07, 6.45) is 0. The van der Waals surface area contributed by atoms with Crippen molar-refractivity contribution in [3.63, 3.8) is 0 Å². The van der Waals surface area contributed by atoms with E-state index in [0.717, 1.165) is 11.1 Å². The van der Waals surface area contributed by atoms with Crippen LogP contribution in [0.3, 0.4) is 0 Å². The molecule has 0 aliphatic heterocycles. The van der Waals surface area contributed by atoms with Crippen LogP contribution in [0.2, 0.25) is 0 Å². The zero-order valence-electron chi connectivity index (χ0n) is 16.1. The minimum Gasteiger partial charge on any atom is -0.508 e. The molecule has 0 unspecified atom stereocenters. The van der Waals surface area contributed by atoms with Crippen molar-refractivity contribution >= 4 is 0 Å². The third kappa shape index (κ3) is 3.82. The average molecular weight is 360 g/mol. The van der Waals surface area contributed by atoms with Gasteiger partial charge in [-0.15, -0.1) is 0 Å².